The molecule has 0 saturated heterocycles. The average molecular weight is 500 g/mol. The van der Waals surface area contributed by atoms with Gasteiger partial charge in [-0.25, -0.2) is 9.97 Å². The highest BCUT2D eigenvalue weighted by Crippen LogP contribution is 2.30. The van der Waals surface area contributed by atoms with Crippen molar-refractivity contribution in [2.75, 3.05) is 0 Å². The molecule has 0 aliphatic rings. The Kier molecular flexibility index (Phi) is 6.36. The summed E-state index contributed by atoms with van der Waals surface area (Å²) in [6.07, 6.45) is 5.64. The molecule has 0 aliphatic heterocycles. The van der Waals surface area contributed by atoms with E-state index in [2.05, 4.69) is 97.5 Å². The maximum absolute atomic E-state index is 5.09. The number of nitrogens with zero attached hydrogens (tertiary/aromatic N) is 4. The van der Waals surface area contributed by atoms with Crippen LogP contribution in [0, 0.1) is 0 Å². The summed E-state index contributed by atoms with van der Waals surface area (Å²) in [6.45, 7) is 8.95. The standard InChI is InChI=1S/C33H33N5/c1-20(2)30-17-27(14-21(3)24-10-11-26-19-35-38-31(26)16-24)28-12-9-23(15-32(28)36-30)13-22(4)33-34-18-25-7-5-6-8-29(25)37-33/h5-12,15-22H,13-14H2,1-4H3,(H,35,38). The molecule has 3 aromatic heterocycles. The quantitative estimate of drug-likeness (QED) is 0.243. The molecule has 6 aromatic rings. The molecule has 0 aliphatic carbocycles. The molecule has 0 radical (unpaired) electrons. The maximum atomic E-state index is 5.09. The first-order valence-electron chi connectivity index (χ1n) is 13.5. The highest BCUT2D eigenvalue weighted by molar-refractivity contribution is 5.84. The summed E-state index contributed by atoms with van der Waals surface area (Å²) in [7, 11) is 0. The average Bonchev–Trinajstić information content (AvgIpc) is 3.40. The summed E-state index contributed by atoms with van der Waals surface area (Å²) in [6, 6.07) is 23.9. The summed E-state index contributed by atoms with van der Waals surface area (Å²) in [4.78, 5) is 14.6. The Labute approximate surface area is 223 Å². The molecule has 3 aromatic carbocycles. The van der Waals surface area contributed by atoms with Crippen molar-refractivity contribution in [3.63, 3.8) is 0 Å². The molecule has 3 heterocycles. The van der Waals surface area contributed by atoms with Gasteiger partial charge in [-0.3, -0.25) is 10.1 Å². The number of rotatable bonds is 7. The molecule has 2 atom stereocenters. The van der Waals surface area contributed by atoms with E-state index in [-0.39, 0.29) is 5.92 Å². The van der Waals surface area contributed by atoms with Gasteiger partial charge >= 0.3 is 0 Å². The minimum atomic E-state index is 0.210. The summed E-state index contributed by atoms with van der Waals surface area (Å²) in [5, 5.41) is 10.7. The van der Waals surface area contributed by atoms with Crippen molar-refractivity contribution in [2.24, 2.45) is 0 Å². The summed E-state index contributed by atoms with van der Waals surface area (Å²) in [5.74, 6) is 1.83. The lowest BCUT2D eigenvalue weighted by atomic mass is 9.90. The molecule has 1 N–H and O–H groups in total. The van der Waals surface area contributed by atoms with Gasteiger partial charge in [0, 0.05) is 34.0 Å². The van der Waals surface area contributed by atoms with Crippen molar-refractivity contribution in [3.05, 3.63) is 107 Å². The van der Waals surface area contributed by atoms with Crippen molar-refractivity contribution in [1.82, 2.24) is 25.1 Å². The maximum Gasteiger partial charge on any atom is 0.132 e. The minimum Gasteiger partial charge on any atom is -0.278 e. The van der Waals surface area contributed by atoms with Crippen LogP contribution in [0.4, 0.5) is 0 Å². The summed E-state index contributed by atoms with van der Waals surface area (Å²) in [5.41, 5.74) is 8.24. The van der Waals surface area contributed by atoms with Crippen molar-refractivity contribution in [1.29, 1.82) is 0 Å². The molecular formula is C33H33N5. The smallest absolute Gasteiger partial charge is 0.132 e. The summed E-state index contributed by atoms with van der Waals surface area (Å²) < 4.78 is 0. The zero-order valence-electron chi connectivity index (χ0n) is 22.4. The third kappa shape index (κ3) is 4.76. The number of pyridine rings is 1. The molecule has 0 bridgehead atoms. The number of fused-ring (bicyclic) bond motifs is 3. The minimum absolute atomic E-state index is 0.210. The Bertz CT molecular complexity index is 1750. The SMILES string of the molecule is CC(C)c1cc(CC(C)c2ccc3cn[nH]c3c2)c2ccc(CC(C)c3ncc4ccccc4n3)cc2n1. The van der Waals surface area contributed by atoms with Crippen molar-refractivity contribution in [2.45, 2.75) is 58.3 Å². The lowest BCUT2D eigenvalue weighted by Gasteiger charge is -2.17. The Balaban J connectivity index is 1.30. The lowest BCUT2D eigenvalue weighted by molar-refractivity contribution is 0.703. The molecule has 6 rings (SSSR count). The van der Waals surface area contributed by atoms with E-state index in [0.29, 0.717) is 11.8 Å². The van der Waals surface area contributed by atoms with Crippen LogP contribution in [0.2, 0.25) is 0 Å². The highest BCUT2D eigenvalue weighted by Gasteiger charge is 2.16. The fraction of sp³-hybridized carbons (Fsp3) is 0.273. The van der Waals surface area contributed by atoms with Crippen LogP contribution in [0.3, 0.4) is 0 Å². The van der Waals surface area contributed by atoms with Crippen LogP contribution in [0.15, 0.2) is 79.1 Å². The monoisotopic (exact) mass is 499 g/mol. The zero-order chi connectivity index (χ0) is 26.2. The van der Waals surface area contributed by atoms with E-state index in [1.165, 1.54) is 22.1 Å². The van der Waals surface area contributed by atoms with Gasteiger partial charge in [-0.05, 0) is 65.6 Å². The normalized spacial score (nSPS) is 13.5. The largest absolute Gasteiger partial charge is 0.278 e. The molecular weight excluding hydrogens is 466 g/mol. The third-order valence-corrected chi connectivity index (χ3v) is 7.62. The Morgan fingerprint density at radius 2 is 1.61 bits per heavy atom. The molecule has 0 amide bonds. The lowest BCUT2D eigenvalue weighted by Crippen LogP contribution is -2.05. The van der Waals surface area contributed by atoms with Crippen molar-refractivity contribution < 1.29 is 0 Å². The first-order chi connectivity index (χ1) is 18.4. The second kappa shape index (κ2) is 9.97. The molecule has 38 heavy (non-hydrogen) atoms. The van der Waals surface area contributed by atoms with Crippen LogP contribution in [-0.4, -0.2) is 25.1 Å². The van der Waals surface area contributed by atoms with Gasteiger partial charge in [0.05, 0.1) is 22.7 Å². The fourth-order valence-electron chi connectivity index (χ4n) is 5.34. The van der Waals surface area contributed by atoms with Gasteiger partial charge in [0.2, 0.25) is 0 Å². The van der Waals surface area contributed by atoms with Gasteiger partial charge in [-0.2, -0.15) is 5.10 Å². The third-order valence-electron chi connectivity index (χ3n) is 7.62. The number of aromatic amines is 1. The van der Waals surface area contributed by atoms with Crippen LogP contribution in [0.1, 0.15) is 73.7 Å². The predicted octanol–water partition coefficient (Wildman–Crippen LogP) is 7.87. The van der Waals surface area contributed by atoms with Crippen LogP contribution in [0.5, 0.6) is 0 Å². The van der Waals surface area contributed by atoms with E-state index in [4.69, 9.17) is 9.97 Å². The molecule has 5 nitrogen and oxygen atoms in total. The van der Waals surface area contributed by atoms with E-state index < -0.39 is 0 Å². The Morgan fingerprint density at radius 3 is 2.47 bits per heavy atom. The van der Waals surface area contributed by atoms with Gasteiger partial charge in [0.25, 0.3) is 0 Å². The number of nitrogens with one attached hydrogen (secondary N) is 1. The summed E-state index contributed by atoms with van der Waals surface area (Å²) >= 11 is 0. The fourth-order valence-corrected chi connectivity index (χ4v) is 5.34. The van der Waals surface area contributed by atoms with Crippen LogP contribution >= 0.6 is 0 Å². The highest BCUT2D eigenvalue weighted by atomic mass is 15.1. The second-order valence-electron chi connectivity index (χ2n) is 10.9. The van der Waals surface area contributed by atoms with Gasteiger partial charge < -0.3 is 0 Å². The van der Waals surface area contributed by atoms with E-state index in [9.17, 15) is 0 Å². The van der Waals surface area contributed by atoms with Crippen LogP contribution < -0.4 is 0 Å². The second-order valence-corrected chi connectivity index (χ2v) is 10.9. The Hall–Kier alpha value is -4.12. The molecule has 0 saturated carbocycles. The molecule has 5 heteroatoms. The van der Waals surface area contributed by atoms with Gasteiger partial charge in [0.15, 0.2) is 0 Å². The number of hydrogen-bond donors (Lipinski definition) is 1. The van der Waals surface area contributed by atoms with E-state index >= 15 is 0 Å². The number of H-pyrrole nitrogens is 1. The molecule has 190 valence electrons. The van der Waals surface area contributed by atoms with E-state index in [1.807, 2.05) is 24.5 Å². The van der Waals surface area contributed by atoms with E-state index in [1.54, 1.807) is 0 Å². The van der Waals surface area contributed by atoms with Gasteiger partial charge in [-0.15, -0.1) is 0 Å². The number of hydrogen-bond acceptors (Lipinski definition) is 4. The Morgan fingerprint density at radius 1 is 0.737 bits per heavy atom. The van der Waals surface area contributed by atoms with Crippen LogP contribution in [-0.2, 0) is 12.8 Å². The topological polar surface area (TPSA) is 67.3 Å². The molecule has 2 unspecified atom stereocenters. The number of para-hydroxylation sites is 1. The first-order valence-corrected chi connectivity index (χ1v) is 13.5. The number of benzene rings is 3. The zero-order valence-corrected chi connectivity index (χ0v) is 22.4. The van der Waals surface area contributed by atoms with Gasteiger partial charge in [-0.1, -0.05) is 70.2 Å². The first kappa shape index (κ1) is 24.2. The van der Waals surface area contributed by atoms with Crippen molar-refractivity contribution in [3.8, 4) is 0 Å². The predicted molar refractivity (Wildman–Crippen MR) is 156 cm³/mol. The van der Waals surface area contributed by atoms with Crippen LogP contribution in [0.25, 0.3) is 32.7 Å². The molecule has 0 spiro atoms. The molecule has 0 fully saturated rings. The van der Waals surface area contributed by atoms with Crippen molar-refractivity contribution >= 4 is 32.7 Å². The van der Waals surface area contributed by atoms with Gasteiger partial charge in [0.1, 0.15) is 5.82 Å². The number of aromatic nitrogens is 5. The van der Waals surface area contributed by atoms with E-state index in [0.717, 1.165) is 51.7 Å².